The Kier molecular flexibility index (Phi) is 10.1. The molecular weight excluding hydrogens is 438 g/mol. The van der Waals surface area contributed by atoms with Gasteiger partial charge in [-0.2, -0.15) is 0 Å². The Morgan fingerprint density at radius 2 is 1.81 bits per heavy atom. The first-order valence-corrected chi connectivity index (χ1v) is 10.7. The average molecular weight is 464 g/mol. The van der Waals surface area contributed by atoms with E-state index in [2.05, 4.69) is 23.1 Å². The predicted molar refractivity (Wildman–Crippen MR) is 124 cm³/mol. The molecule has 0 radical (unpaired) electrons. The minimum Gasteiger partial charge on any atom is -0.493 e. The third-order valence-corrected chi connectivity index (χ3v) is 4.61. The number of nitrogens with one attached hydrogen (secondary N) is 3. The molecule has 0 fully saturated rings. The highest BCUT2D eigenvalue weighted by Crippen LogP contribution is 2.21. The van der Waals surface area contributed by atoms with Gasteiger partial charge >= 0.3 is 0 Å². The first kappa shape index (κ1) is 24.4. The summed E-state index contributed by atoms with van der Waals surface area (Å²) in [5, 5.41) is 3.05. The van der Waals surface area contributed by atoms with Crippen molar-refractivity contribution in [1.82, 2.24) is 16.2 Å². The molecule has 2 aromatic rings. The maximum atomic E-state index is 12.5. The van der Waals surface area contributed by atoms with Gasteiger partial charge in [-0.1, -0.05) is 43.5 Å². The van der Waals surface area contributed by atoms with Crippen LogP contribution in [0, 0.1) is 6.92 Å². The molecule has 0 aliphatic rings. The van der Waals surface area contributed by atoms with Crippen LogP contribution in [0.2, 0.25) is 5.02 Å². The molecule has 0 aromatic heterocycles. The van der Waals surface area contributed by atoms with Gasteiger partial charge in [0, 0.05) is 5.02 Å². The highest BCUT2D eigenvalue weighted by Gasteiger charge is 2.14. The van der Waals surface area contributed by atoms with Crippen molar-refractivity contribution in [3.63, 3.8) is 0 Å². The van der Waals surface area contributed by atoms with Crippen LogP contribution in [-0.2, 0) is 4.79 Å². The summed E-state index contributed by atoms with van der Waals surface area (Å²) in [5.41, 5.74) is 6.03. The molecule has 0 heterocycles. The fraction of sp³-hybridized carbons (Fsp3) is 0.318. The zero-order valence-corrected chi connectivity index (χ0v) is 19.1. The number of ether oxygens (including phenoxy) is 2. The summed E-state index contributed by atoms with van der Waals surface area (Å²) in [4.78, 5) is 24.5. The number of amides is 2. The maximum Gasteiger partial charge on any atom is 0.276 e. The summed E-state index contributed by atoms with van der Waals surface area (Å²) in [7, 11) is 0. The molecule has 0 aliphatic carbocycles. The fourth-order valence-electron chi connectivity index (χ4n) is 2.60. The summed E-state index contributed by atoms with van der Waals surface area (Å²) in [6, 6.07) is 12.0. The maximum absolute atomic E-state index is 12.5. The number of unbranched alkanes of at least 4 members (excludes halogenated alkanes) is 2. The molecule has 0 saturated heterocycles. The predicted octanol–water partition coefficient (Wildman–Crippen LogP) is 3.93. The summed E-state index contributed by atoms with van der Waals surface area (Å²) < 4.78 is 11.2. The summed E-state index contributed by atoms with van der Waals surface area (Å²) in [6.45, 7) is 4.23. The highest BCUT2D eigenvalue weighted by molar-refractivity contribution is 7.80. The zero-order valence-electron chi connectivity index (χ0n) is 17.5. The smallest absolute Gasteiger partial charge is 0.276 e. The van der Waals surface area contributed by atoms with E-state index in [1.165, 1.54) is 0 Å². The second-order valence-electron chi connectivity index (χ2n) is 6.71. The van der Waals surface area contributed by atoms with Gasteiger partial charge in [-0.05, 0) is 61.5 Å². The SMILES string of the molecule is CCCCCOc1ccccc1C(=O)NC(=S)NNC(=O)COc1ccc(Cl)cc1C. The molecule has 7 nitrogen and oxygen atoms in total. The molecule has 9 heteroatoms. The van der Waals surface area contributed by atoms with Crippen molar-refractivity contribution in [3.05, 3.63) is 58.6 Å². The van der Waals surface area contributed by atoms with Crippen LogP contribution in [-0.4, -0.2) is 30.1 Å². The quantitative estimate of drug-likeness (QED) is 0.296. The second kappa shape index (κ2) is 12.8. The Labute approximate surface area is 192 Å². The van der Waals surface area contributed by atoms with Gasteiger partial charge in [0.05, 0.1) is 12.2 Å². The van der Waals surface area contributed by atoms with E-state index in [0.717, 1.165) is 24.8 Å². The van der Waals surface area contributed by atoms with E-state index in [4.69, 9.17) is 33.3 Å². The number of para-hydroxylation sites is 1. The van der Waals surface area contributed by atoms with Gasteiger partial charge in [0.15, 0.2) is 11.7 Å². The third kappa shape index (κ3) is 8.43. The number of carbonyl (C=O) groups excluding carboxylic acids is 2. The lowest BCUT2D eigenvalue weighted by Crippen LogP contribution is -2.49. The first-order chi connectivity index (χ1) is 14.9. The Hall–Kier alpha value is -2.84. The molecule has 0 aliphatic heterocycles. The molecule has 2 rings (SSSR count). The first-order valence-electron chi connectivity index (χ1n) is 9.91. The van der Waals surface area contributed by atoms with Crippen molar-refractivity contribution in [2.75, 3.05) is 13.2 Å². The Morgan fingerprint density at radius 3 is 2.55 bits per heavy atom. The lowest BCUT2D eigenvalue weighted by Gasteiger charge is -2.14. The van der Waals surface area contributed by atoms with E-state index in [-0.39, 0.29) is 11.7 Å². The molecule has 0 saturated carbocycles. The molecule has 2 aromatic carbocycles. The molecule has 3 N–H and O–H groups in total. The molecule has 0 bridgehead atoms. The number of hydrogen-bond acceptors (Lipinski definition) is 5. The summed E-state index contributed by atoms with van der Waals surface area (Å²) in [5.74, 6) is 0.122. The Morgan fingerprint density at radius 1 is 1.03 bits per heavy atom. The van der Waals surface area contributed by atoms with Gasteiger partial charge in [-0.25, -0.2) is 0 Å². The Bertz CT molecular complexity index is 923. The lowest BCUT2D eigenvalue weighted by atomic mass is 10.2. The Balaban J connectivity index is 1.79. The lowest BCUT2D eigenvalue weighted by molar-refractivity contribution is -0.123. The highest BCUT2D eigenvalue weighted by atomic mass is 35.5. The normalized spacial score (nSPS) is 10.2. The summed E-state index contributed by atoms with van der Waals surface area (Å²) >= 11 is 11.0. The number of hydrogen-bond donors (Lipinski definition) is 3. The van der Waals surface area contributed by atoms with E-state index < -0.39 is 11.8 Å². The van der Waals surface area contributed by atoms with Gasteiger partial charge in [0.2, 0.25) is 0 Å². The van der Waals surface area contributed by atoms with E-state index in [1.807, 2.05) is 6.92 Å². The number of carbonyl (C=O) groups is 2. The van der Waals surface area contributed by atoms with Crippen molar-refractivity contribution in [3.8, 4) is 11.5 Å². The van der Waals surface area contributed by atoms with Crippen LogP contribution in [0.4, 0.5) is 0 Å². The van der Waals surface area contributed by atoms with Gasteiger partial charge in [-0.15, -0.1) is 0 Å². The molecule has 166 valence electrons. The molecule has 0 unspecified atom stereocenters. The zero-order chi connectivity index (χ0) is 22.6. The number of aryl methyl sites for hydroxylation is 1. The van der Waals surface area contributed by atoms with Crippen LogP contribution < -0.4 is 25.6 Å². The minimum atomic E-state index is -0.467. The molecule has 2 amide bonds. The van der Waals surface area contributed by atoms with Crippen LogP contribution in [0.15, 0.2) is 42.5 Å². The molecule has 31 heavy (non-hydrogen) atoms. The monoisotopic (exact) mass is 463 g/mol. The van der Waals surface area contributed by atoms with Crippen LogP contribution >= 0.6 is 23.8 Å². The van der Waals surface area contributed by atoms with Crippen molar-refractivity contribution < 1.29 is 19.1 Å². The van der Waals surface area contributed by atoms with Gasteiger partial charge < -0.3 is 9.47 Å². The molecule has 0 spiro atoms. The third-order valence-electron chi connectivity index (χ3n) is 4.18. The van der Waals surface area contributed by atoms with Crippen molar-refractivity contribution in [2.45, 2.75) is 33.1 Å². The van der Waals surface area contributed by atoms with E-state index in [1.54, 1.807) is 42.5 Å². The number of thiocarbonyl (C=S) groups is 1. The standard InChI is InChI=1S/C22H26ClN3O4S/c1-3-4-7-12-29-19-9-6-5-8-17(19)21(28)24-22(31)26-25-20(27)14-30-18-11-10-16(23)13-15(18)2/h5-6,8-11,13H,3-4,7,12,14H2,1-2H3,(H,25,27)(H2,24,26,28,31). The van der Waals surface area contributed by atoms with Gasteiger partial charge in [-0.3, -0.25) is 25.8 Å². The number of halogens is 1. The van der Waals surface area contributed by atoms with Crippen molar-refractivity contribution >= 4 is 40.7 Å². The number of hydrazine groups is 1. The van der Waals surface area contributed by atoms with E-state index in [0.29, 0.717) is 28.7 Å². The van der Waals surface area contributed by atoms with Gasteiger partial charge in [0.25, 0.3) is 11.8 Å². The van der Waals surface area contributed by atoms with Crippen LogP contribution in [0.25, 0.3) is 0 Å². The van der Waals surface area contributed by atoms with E-state index in [9.17, 15) is 9.59 Å². The van der Waals surface area contributed by atoms with Gasteiger partial charge in [0.1, 0.15) is 11.5 Å². The topological polar surface area (TPSA) is 88.7 Å². The average Bonchev–Trinajstić information content (AvgIpc) is 2.75. The van der Waals surface area contributed by atoms with E-state index >= 15 is 0 Å². The van der Waals surface area contributed by atoms with Crippen LogP contribution in [0.1, 0.15) is 42.1 Å². The second-order valence-corrected chi connectivity index (χ2v) is 7.55. The van der Waals surface area contributed by atoms with Crippen LogP contribution in [0.3, 0.4) is 0 Å². The van der Waals surface area contributed by atoms with Crippen LogP contribution in [0.5, 0.6) is 11.5 Å². The minimum absolute atomic E-state index is 0.0539. The fourth-order valence-corrected chi connectivity index (χ4v) is 2.97. The number of rotatable bonds is 9. The summed E-state index contributed by atoms with van der Waals surface area (Å²) in [6.07, 6.45) is 3.06. The van der Waals surface area contributed by atoms with Crippen molar-refractivity contribution in [1.29, 1.82) is 0 Å². The molecular formula is C22H26ClN3O4S. The van der Waals surface area contributed by atoms with Crippen molar-refractivity contribution in [2.24, 2.45) is 0 Å². The number of benzene rings is 2. The largest absolute Gasteiger partial charge is 0.493 e. The molecule has 0 atom stereocenters.